The SMILES string of the molecule is CC1CCN(C(=O)c2ccc(Br)cc2Cl)CC1Br. The maximum absolute atomic E-state index is 12.4. The molecule has 1 aliphatic heterocycles. The van der Waals surface area contributed by atoms with Gasteiger partial charge in [0.1, 0.15) is 0 Å². The van der Waals surface area contributed by atoms with E-state index in [1.807, 2.05) is 11.0 Å². The molecule has 18 heavy (non-hydrogen) atoms. The molecule has 0 radical (unpaired) electrons. The fourth-order valence-electron chi connectivity index (χ4n) is 2.04. The molecule has 1 aromatic carbocycles. The van der Waals surface area contributed by atoms with Crippen LogP contribution >= 0.6 is 43.5 Å². The zero-order valence-corrected chi connectivity index (χ0v) is 13.9. The molecule has 1 heterocycles. The number of carbonyl (C=O) groups is 1. The van der Waals surface area contributed by atoms with Gasteiger partial charge in [-0.2, -0.15) is 0 Å². The van der Waals surface area contributed by atoms with E-state index in [1.54, 1.807) is 12.1 Å². The Bertz CT molecular complexity index is 466. The molecular weight excluding hydrogens is 381 g/mol. The van der Waals surface area contributed by atoms with Gasteiger partial charge in [0.05, 0.1) is 10.6 Å². The number of amides is 1. The summed E-state index contributed by atoms with van der Waals surface area (Å²) >= 11 is 13.1. The smallest absolute Gasteiger partial charge is 0.255 e. The molecule has 0 N–H and O–H groups in total. The predicted octanol–water partition coefficient (Wildman–Crippen LogP) is 4.35. The highest BCUT2D eigenvalue weighted by molar-refractivity contribution is 9.10. The lowest BCUT2D eigenvalue weighted by atomic mass is 9.98. The molecule has 5 heteroatoms. The molecule has 2 atom stereocenters. The maximum atomic E-state index is 12.4. The van der Waals surface area contributed by atoms with Crippen LogP contribution in [0.5, 0.6) is 0 Å². The average molecular weight is 396 g/mol. The van der Waals surface area contributed by atoms with Gasteiger partial charge in [0.2, 0.25) is 0 Å². The Morgan fingerprint density at radius 1 is 1.50 bits per heavy atom. The van der Waals surface area contributed by atoms with Gasteiger partial charge in [-0.1, -0.05) is 50.4 Å². The Balaban J connectivity index is 2.16. The van der Waals surface area contributed by atoms with Crippen LogP contribution in [-0.4, -0.2) is 28.7 Å². The third-order valence-corrected chi connectivity index (χ3v) is 5.31. The molecule has 2 nitrogen and oxygen atoms in total. The maximum Gasteiger partial charge on any atom is 0.255 e. The van der Waals surface area contributed by atoms with Gasteiger partial charge in [0.15, 0.2) is 0 Å². The second-order valence-electron chi connectivity index (χ2n) is 4.66. The summed E-state index contributed by atoms with van der Waals surface area (Å²) in [4.78, 5) is 14.6. The van der Waals surface area contributed by atoms with Crippen LogP contribution in [0.4, 0.5) is 0 Å². The number of carbonyl (C=O) groups excluding carboxylic acids is 1. The lowest BCUT2D eigenvalue weighted by Gasteiger charge is -2.34. The lowest BCUT2D eigenvalue weighted by Crippen LogP contribution is -2.43. The van der Waals surface area contributed by atoms with Crippen molar-refractivity contribution >= 4 is 49.4 Å². The van der Waals surface area contributed by atoms with Crippen molar-refractivity contribution in [3.8, 4) is 0 Å². The summed E-state index contributed by atoms with van der Waals surface area (Å²) in [6, 6.07) is 5.38. The van der Waals surface area contributed by atoms with Crippen LogP contribution in [0.1, 0.15) is 23.7 Å². The molecule has 0 aromatic heterocycles. The van der Waals surface area contributed by atoms with E-state index in [1.165, 1.54) is 0 Å². The number of likely N-dealkylation sites (tertiary alicyclic amines) is 1. The Hall–Kier alpha value is -0.0600. The third kappa shape index (κ3) is 3.09. The van der Waals surface area contributed by atoms with Gasteiger partial charge < -0.3 is 4.90 Å². The zero-order chi connectivity index (χ0) is 13.3. The average Bonchev–Trinajstić information content (AvgIpc) is 2.32. The number of piperidine rings is 1. The summed E-state index contributed by atoms with van der Waals surface area (Å²) in [5, 5.41) is 0.499. The molecule has 1 amide bonds. The molecule has 2 rings (SSSR count). The first-order chi connectivity index (χ1) is 8.49. The second kappa shape index (κ2) is 5.93. The van der Waals surface area contributed by atoms with E-state index in [0.29, 0.717) is 21.3 Å². The van der Waals surface area contributed by atoms with E-state index in [9.17, 15) is 4.79 Å². The number of hydrogen-bond acceptors (Lipinski definition) is 1. The number of alkyl halides is 1. The van der Waals surface area contributed by atoms with Crippen LogP contribution in [0.2, 0.25) is 5.02 Å². The van der Waals surface area contributed by atoms with Crippen LogP contribution in [0.15, 0.2) is 22.7 Å². The minimum absolute atomic E-state index is 0.0175. The van der Waals surface area contributed by atoms with Gasteiger partial charge in [-0.25, -0.2) is 0 Å². The van der Waals surface area contributed by atoms with E-state index < -0.39 is 0 Å². The highest BCUT2D eigenvalue weighted by atomic mass is 79.9. The summed E-state index contributed by atoms with van der Waals surface area (Å²) in [5.74, 6) is 0.623. The van der Waals surface area contributed by atoms with E-state index in [4.69, 9.17) is 11.6 Å². The topological polar surface area (TPSA) is 20.3 Å². The van der Waals surface area contributed by atoms with Gasteiger partial charge in [0.25, 0.3) is 5.91 Å². The molecule has 0 saturated carbocycles. The fourth-order valence-corrected chi connectivity index (χ4v) is 3.41. The van der Waals surface area contributed by atoms with Gasteiger partial charge in [0, 0.05) is 22.4 Å². The monoisotopic (exact) mass is 393 g/mol. The zero-order valence-electron chi connectivity index (χ0n) is 10.00. The van der Waals surface area contributed by atoms with Crippen LogP contribution in [-0.2, 0) is 0 Å². The Morgan fingerprint density at radius 3 is 2.83 bits per heavy atom. The van der Waals surface area contributed by atoms with Crippen molar-refractivity contribution in [2.75, 3.05) is 13.1 Å². The largest absolute Gasteiger partial charge is 0.337 e. The molecule has 1 aliphatic rings. The number of halogens is 3. The van der Waals surface area contributed by atoms with Crippen molar-refractivity contribution in [2.45, 2.75) is 18.2 Å². The molecule has 0 aliphatic carbocycles. The molecule has 0 spiro atoms. The molecule has 1 fully saturated rings. The van der Waals surface area contributed by atoms with E-state index >= 15 is 0 Å². The van der Waals surface area contributed by atoms with Crippen molar-refractivity contribution in [3.63, 3.8) is 0 Å². The van der Waals surface area contributed by atoms with Gasteiger partial charge >= 0.3 is 0 Å². The lowest BCUT2D eigenvalue weighted by molar-refractivity contribution is 0.0706. The van der Waals surface area contributed by atoms with E-state index in [-0.39, 0.29) is 5.91 Å². The van der Waals surface area contributed by atoms with Crippen molar-refractivity contribution in [2.24, 2.45) is 5.92 Å². The summed E-state index contributed by atoms with van der Waals surface area (Å²) in [6.07, 6.45) is 1.02. The Kier molecular flexibility index (Phi) is 4.73. The predicted molar refractivity (Wildman–Crippen MR) is 81.6 cm³/mol. The standard InChI is InChI=1S/C13H14Br2ClNO/c1-8-4-5-17(7-11(8)15)13(18)10-3-2-9(14)6-12(10)16/h2-3,6,8,11H,4-5,7H2,1H3. The van der Waals surface area contributed by atoms with Gasteiger partial charge in [-0.05, 0) is 30.5 Å². The highest BCUT2D eigenvalue weighted by Gasteiger charge is 2.28. The Labute approximate surface area is 129 Å². The van der Waals surface area contributed by atoms with Crippen molar-refractivity contribution in [1.82, 2.24) is 4.90 Å². The summed E-state index contributed by atoms with van der Waals surface area (Å²) in [7, 11) is 0. The quantitative estimate of drug-likeness (QED) is 0.648. The van der Waals surface area contributed by atoms with Crippen LogP contribution in [0, 0.1) is 5.92 Å². The first-order valence-corrected chi connectivity index (χ1v) is 7.96. The summed E-state index contributed by atoms with van der Waals surface area (Å²) < 4.78 is 0.884. The molecule has 2 unspecified atom stereocenters. The van der Waals surface area contributed by atoms with Crippen molar-refractivity contribution < 1.29 is 4.79 Å². The first-order valence-electron chi connectivity index (χ1n) is 5.87. The fraction of sp³-hybridized carbons (Fsp3) is 0.462. The minimum Gasteiger partial charge on any atom is -0.337 e. The molecule has 1 aromatic rings. The number of rotatable bonds is 1. The third-order valence-electron chi connectivity index (χ3n) is 3.32. The number of hydrogen-bond donors (Lipinski definition) is 0. The van der Waals surface area contributed by atoms with Crippen molar-refractivity contribution in [3.05, 3.63) is 33.3 Å². The van der Waals surface area contributed by atoms with Gasteiger partial charge in [-0.15, -0.1) is 0 Å². The summed E-state index contributed by atoms with van der Waals surface area (Å²) in [6.45, 7) is 3.74. The van der Waals surface area contributed by atoms with Gasteiger partial charge in [-0.3, -0.25) is 4.79 Å². The summed E-state index contributed by atoms with van der Waals surface area (Å²) in [5.41, 5.74) is 0.578. The minimum atomic E-state index is 0.0175. The molecular formula is C13H14Br2ClNO. The molecule has 98 valence electrons. The van der Waals surface area contributed by atoms with Crippen LogP contribution < -0.4 is 0 Å². The highest BCUT2D eigenvalue weighted by Crippen LogP contribution is 2.27. The van der Waals surface area contributed by atoms with Crippen LogP contribution in [0.3, 0.4) is 0 Å². The van der Waals surface area contributed by atoms with Crippen LogP contribution in [0.25, 0.3) is 0 Å². The first kappa shape index (κ1) is 14.4. The normalized spacial score (nSPS) is 24.1. The Morgan fingerprint density at radius 2 is 2.22 bits per heavy atom. The molecule has 1 saturated heterocycles. The molecule has 0 bridgehead atoms. The number of benzene rings is 1. The van der Waals surface area contributed by atoms with E-state index in [2.05, 4.69) is 38.8 Å². The van der Waals surface area contributed by atoms with E-state index in [0.717, 1.165) is 24.0 Å². The number of nitrogens with zero attached hydrogens (tertiary/aromatic N) is 1. The second-order valence-corrected chi connectivity index (χ2v) is 7.16. The van der Waals surface area contributed by atoms with Crippen molar-refractivity contribution in [1.29, 1.82) is 0 Å².